The molecule has 0 fully saturated rings. The molecular formula is C28H18S6. The fraction of sp³-hybridized carbons (Fsp3) is 0.214. The molecule has 0 aliphatic carbocycles. The van der Waals surface area contributed by atoms with Crippen LogP contribution in [0.25, 0.3) is 39.0 Å². The van der Waals surface area contributed by atoms with Gasteiger partial charge in [0, 0.05) is 41.4 Å². The lowest BCUT2D eigenvalue weighted by Gasteiger charge is -2.04. The lowest BCUT2D eigenvalue weighted by atomic mass is 10.0. The van der Waals surface area contributed by atoms with Gasteiger partial charge >= 0.3 is 0 Å². The number of thiophene rings is 4. The molecule has 0 unspecified atom stereocenters. The van der Waals surface area contributed by atoms with Crippen molar-refractivity contribution in [3.63, 3.8) is 0 Å². The minimum absolute atomic E-state index is 1.13. The van der Waals surface area contributed by atoms with Gasteiger partial charge < -0.3 is 0 Å². The molecule has 0 saturated heterocycles. The van der Waals surface area contributed by atoms with E-state index in [1.165, 1.54) is 69.7 Å². The number of fused-ring (bicyclic) bond motifs is 6. The number of rotatable bonds is 0. The van der Waals surface area contributed by atoms with Crippen molar-refractivity contribution in [1.82, 2.24) is 0 Å². The van der Waals surface area contributed by atoms with Gasteiger partial charge in [-0.05, 0) is 38.8 Å². The Kier molecular flexibility index (Phi) is 5.40. The SMILES string of the molecule is Cc1cc2sc3c(C#CC4=CCCS4)c4c(sc5cc(C)sc54)c(C#CC4=CCCS4)c3c2s1. The van der Waals surface area contributed by atoms with Crippen LogP contribution >= 0.6 is 68.9 Å². The van der Waals surface area contributed by atoms with E-state index < -0.39 is 0 Å². The fourth-order valence-corrected chi connectivity index (χ4v) is 11.3. The first-order valence-electron chi connectivity index (χ1n) is 11.2. The first kappa shape index (κ1) is 21.6. The van der Waals surface area contributed by atoms with Crippen LogP contribution in [-0.4, -0.2) is 11.5 Å². The Balaban J connectivity index is 1.64. The third-order valence-electron chi connectivity index (χ3n) is 5.96. The van der Waals surface area contributed by atoms with Crippen LogP contribution in [0.15, 0.2) is 34.1 Å². The number of benzene rings is 1. The minimum Gasteiger partial charge on any atom is -0.139 e. The van der Waals surface area contributed by atoms with Crippen molar-refractivity contribution in [3.8, 4) is 23.7 Å². The summed E-state index contributed by atoms with van der Waals surface area (Å²) in [4.78, 5) is 5.16. The second-order valence-electron chi connectivity index (χ2n) is 8.37. The molecule has 0 atom stereocenters. The van der Waals surface area contributed by atoms with E-state index in [0.29, 0.717) is 0 Å². The lowest BCUT2D eigenvalue weighted by molar-refractivity contribution is 1.27. The number of allylic oxidation sites excluding steroid dienone is 4. The highest BCUT2D eigenvalue weighted by atomic mass is 32.2. The Hall–Kier alpha value is -1.64. The fourth-order valence-electron chi connectivity index (χ4n) is 4.54. The molecule has 0 bridgehead atoms. The number of aryl methyl sites for hydroxylation is 2. The van der Waals surface area contributed by atoms with Crippen LogP contribution in [-0.2, 0) is 0 Å². The normalized spacial score (nSPS) is 15.7. The van der Waals surface area contributed by atoms with E-state index >= 15 is 0 Å². The lowest BCUT2D eigenvalue weighted by Crippen LogP contribution is -1.85. The largest absolute Gasteiger partial charge is 0.139 e. The van der Waals surface area contributed by atoms with E-state index in [0.717, 1.165) is 24.3 Å². The zero-order valence-electron chi connectivity index (χ0n) is 18.6. The van der Waals surface area contributed by atoms with Gasteiger partial charge in [-0.3, -0.25) is 0 Å². The topological polar surface area (TPSA) is 0 Å². The highest BCUT2D eigenvalue weighted by molar-refractivity contribution is 8.03. The highest BCUT2D eigenvalue weighted by Crippen LogP contribution is 2.50. The molecule has 34 heavy (non-hydrogen) atoms. The standard InChI is InChI=1S/C28H18S6/c1-15-13-21-27(31-15)23-19(9-7-17-5-3-11-29-17)26-24(28-22(34-26)14-16(2)32-28)20(25(23)33-21)10-8-18-6-4-12-30-18/h5-6,13-14H,3-4,11-12H2,1-2H3. The average Bonchev–Trinajstić information content (AvgIpc) is 3.61. The van der Waals surface area contributed by atoms with Crippen LogP contribution in [0, 0.1) is 37.5 Å². The summed E-state index contributed by atoms with van der Waals surface area (Å²) in [6, 6.07) is 4.67. The number of hydrogen-bond donors (Lipinski definition) is 0. The molecule has 0 N–H and O–H groups in total. The van der Waals surface area contributed by atoms with Crippen molar-refractivity contribution < 1.29 is 0 Å². The van der Waals surface area contributed by atoms with Crippen molar-refractivity contribution in [1.29, 1.82) is 0 Å². The zero-order valence-corrected chi connectivity index (χ0v) is 23.5. The molecule has 2 aliphatic heterocycles. The van der Waals surface area contributed by atoms with E-state index in [1.807, 2.05) is 68.9 Å². The van der Waals surface area contributed by atoms with E-state index in [-0.39, 0.29) is 0 Å². The summed E-state index contributed by atoms with van der Waals surface area (Å²) < 4.78 is 8.11. The molecule has 166 valence electrons. The zero-order chi connectivity index (χ0) is 22.8. The predicted molar refractivity (Wildman–Crippen MR) is 162 cm³/mol. The molecule has 0 nitrogen and oxygen atoms in total. The highest BCUT2D eigenvalue weighted by Gasteiger charge is 2.23. The van der Waals surface area contributed by atoms with Crippen molar-refractivity contribution in [2.45, 2.75) is 26.7 Å². The van der Waals surface area contributed by atoms with Gasteiger partial charge in [0.1, 0.15) is 0 Å². The molecule has 2 aliphatic rings. The second-order valence-corrected chi connectivity index (χ2v) is 15.3. The predicted octanol–water partition coefficient (Wildman–Crippen LogP) is 9.91. The van der Waals surface area contributed by atoms with Crippen LogP contribution < -0.4 is 0 Å². The van der Waals surface area contributed by atoms with Gasteiger partial charge in [-0.15, -0.1) is 68.9 Å². The summed E-state index contributed by atoms with van der Waals surface area (Å²) in [7, 11) is 0. The molecule has 6 heterocycles. The van der Waals surface area contributed by atoms with Gasteiger partial charge in [0.05, 0.1) is 39.7 Å². The maximum Gasteiger partial charge on any atom is 0.0545 e. The number of thioether (sulfide) groups is 2. The Labute approximate surface area is 223 Å². The van der Waals surface area contributed by atoms with E-state index in [2.05, 4.69) is 61.8 Å². The monoisotopic (exact) mass is 546 g/mol. The molecule has 5 aromatic rings. The van der Waals surface area contributed by atoms with Crippen LogP contribution in [0.1, 0.15) is 33.7 Å². The van der Waals surface area contributed by atoms with Gasteiger partial charge in [0.25, 0.3) is 0 Å². The van der Waals surface area contributed by atoms with Crippen molar-refractivity contribution in [2.24, 2.45) is 0 Å². The summed E-state index contributed by atoms with van der Waals surface area (Å²) in [5.74, 6) is 16.7. The summed E-state index contributed by atoms with van der Waals surface area (Å²) in [5.41, 5.74) is 2.41. The molecule has 0 radical (unpaired) electrons. The Morgan fingerprint density at radius 3 is 1.47 bits per heavy atom. The van der Waals surface area contributed by atoms with Gasteiger partial charge in [-0.2, -0.15) is 0 Å². The summed E-state index contributed by atoms with van der Waals surface area (Å²) >= 11 is 11.4. The molecule has 6 heteroatoms. The third kappa shape index (κ3) is 3.51. The van der Waals surface area contributed by atoms with Crippen LogP contribution in [0.3, 0.4) is 0 Å². The molecule has 4 aromatic heterocycles. The number of hydrogen-bond acceptors (Lipinski definition) is 6. The Morgan fingerprint density at radius 1 is 0.588 bits per heavy atom. The van der Waals surface area contributed by atoms with E-state index in [9.17, 15) is 0 Å². The van der Waals surface area contributed by atoms with E-state index in [4.69, 9.17) is 0 Å². The summed E-state index contributed by atoms with van der Waals surface area (Å²) in [6.07, 6.45) is 6.83. The van der Waals surface area contributed by atoms with Crippen LogP contribution in [0.2, 0.25) is 0 Å². The minimum atomic E-state index is 1.13. The smallest absolute Gasteiger partial charge is 0.0545 e. The van der Waals surface area contributed by atoms with Crippen LogP contribution in [0.5, 0.6) is 0 Å². The molecule has 7 rings (SSSR count). The van der Waals surface area contributed by atoms with Crippen LogP contribution in [0.4, 0.5) is 0 Å². The maximum absolute atomic E-state index is 3.68. The van der Waals surface area contributed by atoms with Crippen molar-refractivity contribution in [3.05, 3.63) is 55.0 Å². The van der Waals surface area contributed by atoms with Crippen molar-refractivity contribution >= 4 is 108 Å². The molecule has 0 saturated carbocycles. The first-order chi connectivity index (χ1) is 16.7. The molecule has 0 spiro atoms. The molecule has 1 aromatic carbocycles. The average molecular weight is 547 g/mol. The van der Waals surface area contributed by atoms with Gasteiger partial charge in [0.15, 0.2) is 0 Å². The first-order valence-corrected chi connectivity index (χ1v) is 16.4. The third-order valence-corrected chi connectivity index (χ3v) is 12.7. The Bertz CT molecular complexity index is 1700. The maximum atomic E-state index is 3.68. The van der Waals surface area contributed by atoms with Gasteiger partial charge in [0.2, 0.25) is 0 Å². The quantitative estimate of drug-likeness (QED) is 0.177. The van der Waals surface area contributed by atoms with Gasteiger partial charge in [-0.1, -0.05) is 35.8 Å². The molecular weight excluding hydrogens is 529 g/mol. The second kappa shape index (κ2) is 8.49. The van der Waals surface area contributed by atoms with Gasteiger partial charge in [-0.25, -0.2) is 0 Å². The summed E-state index contributed by atoms with van der Waals surface area (Å²) in [5, 5.41) is 2.65. The Morgan fingerprint density at radius 2 is 1.06 bits per heavy atom. The summed E-state index contributed by atoms with van der Waals surface area (Å²) in [6.45, 7) is 4.42. The van der Waals surface area contributed by atoms with E-state index in [1.54, 1.807) is 0 Å². The van der Waals surface area contributed by atoms with Crippen molar-refractivity contribution in [2.75, 3.05) is 11.5 Å². The molecule has 0 amide bonds.